The first kappa shape index (κ1) is 25.4. The Morgan fingerprint density at radius 3 is 2.14 bits per heavy atom. The Balaban J connectivity index is 1.99. The number of ether oxygens (including phenoxy) is 3. The summed E-state index contributed by atoms with van der Waals surface area (Å²) in [5.74, 6) is -1.14. The third-order valence-corrected chi connectivity index (χ3v) is 6.54. The van der Waals surface area contributed by atoms with Crippen LogP contribution < -0.4 is 19.1 Å². The summed E-state index contributed by atoms with van der Waals surface area (Å²) in [6, 6.07) is 14.1. The van der Waals surface area contributed by atoms with E-state index in [1.165, 1.54) is 38.4 Å². The fourth-order valence-electron chi connectivity index (χ4n) is 4.25. The van der Waals surface area contributed by atoms with E-state index in [2.05, 4.69) is 0 Å². The van der Waals surface area contributed by atoms with E-state index >= 15 is 0 Å². The molecule has 4 rings (SSSR count). The van der Waals surface area contributed by atoms with E-state index in [4.69, 9.17) is 37.4 Å². The van der Waals surface area contributed by atoms with Gasteiger partial charge in [0.2, 0.25) is 0 Å². The molecule has 1 atom stereocenters. The van der Waals surface area contributed by atoms with E-state index in [1.54, 1.807) is 24.3 Å². The zero-order valence-electron chi connectivity index (χ0n) is 20.0. The second-order valence-corrected chi connectivity index (χ2v) is 8.90. The monoisotopic (exact) mass is 527 g/mol. The number of nitrogens with zero attached hydrogens (tertiary/aromatic N) is 1. The molecular weight excluding hydrogens is 505 g/mol. The van der Waals surface area contributed by atoms with Crippen LogP contribution in [0.4, 0.5) is 5.69 Å². The largest absolute Gasteiger partial charge is 0.507 e. The number of rotatable bonds is 6. The van der Waals surface area contributed by atoms with Gasteiger partial charge in [0.15, 0.2) is 0 Å². The average Bonchev–Trinajstić information content (AvgIpc) is 3.13. The molecule has 1 aliphatic rings. The summed E-state index contributed by atoms with van der Waals surface area (Å²) >= 11 is 12.7. The molecule has 1 unspecified atom stereocenters. The summed E-state index contributed by atoms with van der Waals surface area (Å²) in [6.07, 6.45) is 0. The molecule has 1 fully saturated rings. The molecule has 0 spiro atoms. The molecule has 7 nitrogen and oxygen atoms in total. The maximum absolute atomic E-state index is 13.4. The summed E-state index contributed by atoms with van der Waals surface area (Å²) in [5.41, 5.74) is 1.94. The quantitative estimate of drug-likeness (QED) is 0.242. The van der Waals surface area contributed by atoms with Crippen LogP contribution in [-0.2, 0) is 9.59 Å². The van der Waals surface area contributed by atoms with Crippen molar-refractivity contribution < 1.29 is 28.9 Å². The van der Waals surface area contributed by atoms with Crippen molar-refractivity contribution in [1.82, 2.24) is 0 Å². The topological polar surface area (TPSA) is 85.3 Å². The van der Waals surface area contributed by atoms with Crippen LogP contribution in [0.3, 0.4) is 0 Å². The van der Waals surface area contributed by atoms with E-state index in [0.29, 0.717) is 22.7 Å². The van der Waals surface area contributed by atoms with Gasteiger partial charge in [0, 0.05) is 11.8 Å². The second-order valence-electron chi connectivity index (χ2n) is 8.09. The number of carbonyl (C=O) groups is 2. The van der Waals surface area contributed by atoms with Crippen LogP contribution in [-0.4, -0.2) is 38.1 Å². The van der Waals surface area contributed by atoms with Gasteiger partial charge in [-0.25, -0.2) is 0 Å². The molecule has 3 aromatic rings. The predicted octanol–water partition coefficient (Wildman–Crippen LogP) is 5.95. The van der Waals surface area contributed by atoms with Crippen molar-refractivity contribution >= 4 is 46.3 Å². The molecule has 9 heteroatoms. The summed E-state index contributed by atoms with van der Waals surface area (Å²) in [6.45, 7) is 1.90. The number of methoxy groups -OCH3 is 3. The highest BCUT2D eigenvalue weighted by molar-refractivity contribution is 6.52. The maximum Gasteiger partial charge on any atom is 0.300 e. The average molecular weight is 528 g/mol. The fourth-order valence-corrected chi connectivity index (χ4v) is 4.74. The minimum Gasteiger partial charge on any atom is -0.507 e. The standard InChI is InChI=1S/C27H23Cl2NO6/c1-14-6-5-7-15(10-14)24-23(25(31)17-12-19(29)22(36-4)13-21(17)35-3)26(32)27(33)30(24)16-8-9-20(34-2)18(28)11-16/h5-13,24,31H,1-4H3/b25-23+. The van der Waals surface area contributed by atoms with Crippen molar-refractivity contribution in [3.05, 3.63) is 86.9 Å². The van der Waals surface area contributed by atoms with Crippen LogP contribution in [0.2, 0.25) is 10.0 Å². The first-order valence-corrected chi connectivity index (χ1v) is 11.6. The molecule has 0 radical (unpaired) electrons. The lowest BCUT2D eigenvalue weighted by Crippen LogP contribution is -2.29. The van der Waals surface area contributed by atoms with Gasteiger partial charge in [-0.1, -0.05) is 53.0 Å². The van der Waals surface area contributed by atoms with Gasteiger partial charge in [-0.2, -0.15) is 0 Å². The summed E-state index contributed by atoms with van der Waals surface area (Å²) in [4.78, 5) is 28.1. The Kier molecular flexibility index (Phi) is 7.15. The van der Waals surface area contributed by atoms with Gasteiger partial charge >= 0.3 is 0 Å². The highest BCUT2D eigenvalue weighted by atomic mass is 35.5. The van der Waals surface area contributed by atoms with Crippen molar-refractivity contribution in [2.24, 2.45) is 0 Å². The number of aryl methyl sites for hydroxylation is 1. The number of hydrogen-bond donors (Lipinski definition) is 1. The van der Waals surface area contributed by atoms with Crippen LogP contribution in [0.5, 0.6) is 17.2 Å². The molecule has 1 aliphatic heterocycles. The van der Waals surface area contributed by atoms with Crippen LogP contribution in [0.15, 0.2) is 60.2 Å². The van der Waals surface area contributed by atoms with Gasteiger partial charge in [-0.3, -0.25) is 14.5 Å². The summed E-state index contributed by atoms with van der Waals surface area (Å²) in [5, 5.41) is 11.9. The molecule has 1 saturated heterocycles. The number of amides is 1. The van der Waals surface area contributed by atoms with Crippen molar-refractivity contribution in [3.8, 4) is 17.2 Å². The predicted molar refractivity (Wildman–Crippen MR) is 139 cm³/mol. The Hall–Kier alpha value is -3.68. The van der Waals surface area contributed by atoms with Gasteiger partial charge < -0.3 is 19.3 Å². The maximum atomic E-state index is 13.4. The molecule has 1 heterocycles. The SMILES string of the molecule is COc1ccc(N2C(=O)C(=O)/C(=C(/O)c3cc(Cl)c(OC)cc3OC)C2c2cccc(C)c2)cc1Cl. The number of carbonyl (C=O) groups excluding carboxylic acids is 2. The van der Waals surface area contributed by atoms with Gasteiger partial charge in [0.05, 0.1) is 48.6 Å². The van der Waals surface area contributed by atoms with E-state index in [1.807, 2.05) is 25.1 Å². The summed E-state index contributed by atoms with van der Waals surface area (Å²) in [7, 11) is 4.34. The molecule has 36 heavy (non-hydrogen) atoms. The van der Waals surface area contributed by atoms with Gasteiger partial charge in [0.1, 0.15) is 23.0 Å². The molecule has 0 aromatic heterocycles. The third-order valence-electron chi connectivity index (χ3n) is 5.94. The van der Waals surface area contributed by atoms with E-state index in [0.717, 1.165) is 5.56 Å². The Morgan fingerprint density at radius 1 is 0.861 bits per heavy atom. The number of aliphatic hydroxyl groups is 1. The number of Topliss-reactive ketones (excluding diaryl/α,β-unsaturated/α-hetero) is 1. The molecule has 0 bridgehead atoms. The van der Waals surface area contributed by atoms with Gasteiger partial charge in [0.25, 0.3) is 11.7 Å². The van der Waals surface area contributed by atoms with Crippen LogP contribution in [0, 0.1) is 6.92 Å². The third kappa shape index (κ3) is 4.36. The number of hydrogen-bond acceptors (Lipinski definition) is 6. The minimum absolute atomic E-state index is 0.114. The molecule has 0 aliphatic carbocycles. The molecule has 186 valence electrons. The Morgan fingerprint density at radius 2 is 1.53 bits per heavy atom. The van der Waals surface area contributed by atoms with Crippen molar-refractivity contribution in [2.45, 2.75) is 13.0 Å². The Bertz CT molecular complexity index is 1400. The number of halogens is 2. The van der Waals surface area contributed by atoms with Crippen molar-refractivity contribution in [1.29, 1.82) is 0 Å². The molecule has 3 aromatic carbocycles. The van der Waals surface area contributed by atoms with Crippen LogP contribution >= 0.6 is 23.2 Å². The number of anilines is 1. The fraction of sp³-hybridized carbons (Fsp3) is 0.185. The molecule has 1 N–H and O–H groups in total. The van der Waals surface area contributed by atoms with Crippen molar-refractivity contribution in [3.63, 3.8) is 0 Å². The lowest BCUT2D eigenvalue weighted by molar-refractivity contribution is -0.132. The first-order chi connectivity index (χ1) is 17.2. The van der Waals surface area contributed by atoms with Crippen LogP contribution in [0.25, 0.3) is 5.76 Å². The minimum atomic E-state index is -0.944. The van der Waals surface area contributed by atoms with Crippen molar-refractivity contribution in [2.75, 3.05) is 26.2 Å². The van der Waals surface area contributed by atoms with Crippen LogP contribution in [0.1, 0.15) is 22.7 Å². The van der Waals surface area contributed by atoms with E-state index in [-0.39, 0.29) is 26.9 Å². The molecule has 0 saturated carbocycles. The zero-order valence-corrected chi connectivity index (χ0v) is 21.5. The lowest BCUT2D eigenvalue weighted by Gasteiger charge is -2.26. The highest BCUT2D eigenvalue weighted by Gasteiger charge is 2.47. The summed E-state index contributed by atoms with van der Waals surface area (Å²) < 4.78 is 15.9. The zero-order chi connectivity index (χ0) is 26.1. The van der Waals surface area contributed by atoms with Gasteiger partial charge in [-0.15, -0.1) is 0 Å². The smallest absolute Gasteiger partial charge is 0.300 e. The van der Waals surface area contributed by atoms with E-state index < -0.39 is 23.5 Å². The number of benzene rings is 3. The highest BCUT2D eigenvalue weighted by Crippen LogP contribution is 2.45. The molecule has 1 amide bonds. The number of aliphatic hydroxyl groups excluding tert-OH is 1. The van der Waals surface area contributed by atoms with E-state index in [9.17, 15) is 14.7 Å². The second kappa shape index (κ2) is 10.1. The number of ketones is 1. The Labute approximate surface area is 218 Å². The molecular formula is C27H23Cl2NO6. The first-order valence-electron chi connectivity index (χ1n) is 10.8. The lowest BCUT2D eigenvalue weighted by atomic mass is 9.94. The normalized spacial score (nSPS) is 16.8. The van der Waals surface area contributed by atoms with Gasteiger partial charge in [-0.05, 0) is 36.8 Å².